The molecule has 0 N–H and O–H groups in total. The summed E-state index contributed by atoms with van der Waals surface area (Å²) in [6, 6.07) is 10.6. The van der Waals surface area contributed by atoms with Crippen molar-refractivity contribution in [2.45, 2.75) is 90.5 Å². The Bertz CT molecular complexity index is 601. The third-order valence-corrected chi connectivity index (χ3v) is 11.5. The van der Waals surface area contributed by atoms with Crippen molar-refractivity contribution in [3.05, 3.63) is 48.2 Å². The van der Waals surface area contributed by atoms with Gasteiger partial charge in [-0.15, -0.1) is 0 Å². The fraction of sp³-hybridized carbons (Fsp3) is 0.600. The third-order valence-electron chi connectivity index (χ3n) is 5.43. The van der Waals surface area contributed by atoms with Crippen molar-refractivity contribution in [2.75, 3.05) is 6.61 Å². The van der Waals surface area contributed by atoms with E-state index in [-0.39, 0.29) is 6.10 Å². The molecule has 0 aromatic heterocycles. The Kier molecular flexibility index (Phi) is 11.3. The number of rotatable bonds is 11. The summed E-state index contributed by atoms with van der Waals surface area (Å²) in [4.78, 5) is 0. The molecule has 3 heteroatoms. The Balaban J connectivity index is 2.34. The molecule has 28 heavy (non-hydrogen) atoms. The van der Waals surface area contributed by atoms with Crippen molar-refractivity contribution >= 4 is 8.32 Å². The van der Waals surface area contributed by atoms with E-state index in [1.807, 2.05) is 13.0 Å². The molecule has 2 nitrogen and oxygen atoms in total. The summed E-state index contributed by atoms with van der Waals surface area (Å²) >= 11 is 0. The van der Waals surface area contributed by atoms with Crippen LogP contribution in [0.4, 0.5) is 0 Å². The number of ether oxygens (including phenoxy) is 1. The fourth-order valence-electron chi connectivity index (χ4n) is 4.18. The van der Waals surface area contributed by atoms with Gasteiger partial charge in [0.25, 0.3) is 0 Å². The first-order valence-corrected chi connectivity index (χ1v) is 12.9. The molecule has 1 unspecified atom stereocenters. The van der Waals surface area contributed by atoms with Crippen LogP contribution in [0.25, 0.3) is 0 Å². The van der Waals surface area contributed by atoms with Gasteiger partial charge in [-0.2, -0.15) is 0 Å². The lowest BCUT2D eigenvalue weighted by molar-refractivity contribution is 0.208. The molecule has 0 aliphatic carbocycles. The van der Waals surface area contributed by atoms with Gasteiger partial charge in [0, 0.05) is 6.42 Å². The molecule has 0 bridgehead atoms. The molecule has 1 rings (SSSR count). The van der Waals surface area contributed by atoms with Crippen LogP contribution in [-0.4, -0.2) is 21.0 Å². The minimum absolute atomic E-state index is 0.0877. The van der Waals surface area contributed by atoms with Gasteiger partial charge in [0.15, 0.2) is 6.10 Å². The first-order chi connectivity index (χ1) is 13.3. The van der Waals surface area contributed by atoms with Crippen molar-refractivity contribution in [1.82, 2.24) is 0 Å². The molecule has 1 aromatic rings. The van der Waals surface area contributed by atoms with Crippen LogP contribution in [0, 0.1) is 11.8 Å². The number of hydrogen-bond acceptors (Lipinski definition) is 2. The van der Waals surface area contributed by atoms with Gasteiger partial charge in [-0.05, 0) is 48.0 Å². The second-order valence-corrected chi connectivity index (χ2v) is 13.9. The van der Waals surface area contributed by atoms with Gasteiger partial charge >= 0.3 is 0 Å². The predicted octanol–water partition coefficient (Wildman–Crippen LogP) is 7.12. The quantitative estimate of drug-likeness (QED) is 0.170. The van der Waals surface area contributed by atoms with Crippen LogP contribution in [0.3, 0.4) is 0 Å². The van der Waals surface area contributed by atoms with Crippen molar-refractivity contribution in [3.8, 4) is 11.8 Å². The summed E-state index contributed by atoms with van der Waals surface area (Å²) in [5.41, 5.74) is 3.17. The minimum Gasteiger partial charge on any atom is -0.486 e. The molecule has 1 atom stereocenters. The highest BCUT2D eigenvalue weighted by atomic mass is 28.4. The monoisotopic (exact) mass is 400 g/mol. The van der Waals surface area contributed by atoms with Gasteiger partial charge in [-0.25, -0.2) is 0 Å². The first-order valence-electron chi connectivity index (χ1n) is 10.8. The largest absolute Gasteiger partial charge is 0.486 e. The van der Waals surface area contributed by atoms with Gasteiger partial charge in [0.2, 0.25) is 8.32 Å². The molecule has 1 aromatic carbocycles. The lowest BCUT2D eigenvalue weighted by atomic mass is 10.1. The van der Waals surface area contributed by atoms with Gasteiger partial charge in [-0.3, -0.25) is 0 Å². The van der Waals surface area contributed by atoms with Crippen LogP contribution in [-0.2, 0) is 15.6 Å². The van der Waals surface area contributed by atoms with Gasteiger partial charge in [0.1, 0.15) is 0 Å². The normalized spacial score (nSPS) is 13.2. The van der Waals surface area contributed by atoms with E-state index in [2.05, 4.69) is 83.7 Å². The Morgan fingerprint density at radius 2 is 1.54 bits per heavy atom. The zero-order valence-electron chi connectivity index (χ0n) is 19.0. The highest BCUT2D eigenvalue weighted by Crippen LogP contribution is 2.42. The zero-order chi connectivity index (χ0) is 21.0. The van der Waals surface area contributed by atoms with E-state index in [1.54, 1.807) is 6.26 Å². The second kappa shape index (κ2) is 12.9. The van der Waals surface area contributed by atoms with E-state index in [4.69, 9.17) is 9.16 Å². The van der Waals surface area contributed by atoms with Crippen molar-refractivity contribution < 1.29 is 9.16 Å². The van der Waals surface area contributed by atoms with Crippen LogP contribution >= 0.6 is 0 Å². The smallest absolute Gasteiger partial charge is 0.200 e. The number of benzene rings is 1. The van der Waals surface area contributed by atoms with E-state index >= 15 is 0 Å². The summed E-state index contributed by atoms with van der Waals surface area (Å²) < 4.78 is 12.2. The van der Waals surface area contributed by atoms with Crippen molar-refractivity contribution in [3.63, 3.8) is 0 Å². The number of aryl methyl sites for hydroxylation is 1. The van der Waals surface area contributed by atoms with Gasteiger partial charge in [-0.1, -0.05) is 83.7 Å². The van der Waals surface area contributed by atoms with E-state index in [9.17, 15) is 0 Å². The molecule has 0 saturated heterocycles. The SMILES string of the molecule is CC(C#CCCCc1ccccc1)O/C=C/CO[Si](C(C)C)(C(C)C)C(C)C. The van der Waals surface area contributed by atoms with Crippen LogP contribution < -0.4 is 0 Å². The maximum atomic E-state index is 6.49. The molecule has 0 spiro atoms. The van der Waals surface area contributed by atoms with Gasteiger partial charge in [0.05, 0.1) is 12.9 Å². The van der Waals surface area contributed by atoms with E-state index in [0.717, 1.165) is 19.3 Å². The Labute approximate surface area is 174 Å². The van der Waals surface area contributed by atoms with Gasteiger partial charge < -0.3 is 9.16 Å². The average molecular weight is 401 g/mol. The van der Waals surface area contributed by atoms with E-state index in [1.165, 1.54) is 5.56 Å². The average Bonchev–Trinajstić information content (AvgIpc) is 2.64. The van der Waals surface area contributed by atoms with Crippen LogP contribution in [0.5, 0.6) is 0 Å². The molecular formula is C25H40O2Si. The van der Waals surface area contributed by atoms with Crippen LogP contribution in [0.15, 0.2) is 42.7 Å². The molecule has 0 fully saturated rings. The summed E-state index contributed by atoms with van der Waals surface area (Å²) in [6.07, 6.45) is 6.72. The lowest BCUT2D eigenvalue weighted by Crippen LogP contribution is -2.47. The summed E-state index contributed by atoms with van der Waals surface area (Å²) in [7, 11) is -1.80. The third kappa shape index (κ3) is 7.85. The molecule has 0 heterocycles. The summed E-state index contributed by atoms with van der Waals surface area (Å²) in [6.45, 7) is 16.5. The molecular weight excluding hydrogens is 360 g/mol. The summed E-state index contributed by atoms with van der Waals surface area (Å²) in [5, 5.41) is 0. The predicted molar refractivity (Wildman–Crippen MR) is 124 cm³/mol. The van der Waals surface area contributed by atoms with Crippen LogP contribution in [0.2, 0.25) is 16.6 Å². The highest BCUT2D eigenvalue weighted by molar-refractivity contribution is 6.77. The lowest BCUT2D eigenvalue weighted by Gasteiger charge is -2.41. The maximum absolute atomic E-state index is 6.49. The summed E-state index contributed by atoms with van der Waals surface area (Å²) in [5.74, 6) is 6.41. The van der Waals surface area contributed by atoms with E-state index in [0.29, 0.717) is 23.2 Å². The number of hydrogen-bond donors (Lipinski definition) is 0. The topological polar surface area (TPSA) is 18.5 Å². The molecule has 0 aliphatic rings. The Morgan fingerprint density at radius 1 is 0.929 bits per heavy atom. The molecule has 0 amide bonds. The van der Waals surface area contributed by atoms with Crippen LogP contribution in [0.1, 0.15) is 66.9 Å². The van der Waals surface area contributed by atoms with E-state index < -0.39 is 8.32 Å². The maximum Gasteiger partial charge on any atom is 0.200 e. The Hall–Kier alpha value is -1.50. The highest BCUT2D eigenvalue weighted by Gasteiger charge is 2.44. The molecule has 156 valence electrons. The number of unbranched alkanes of at least 4 members (excludes halogenated alkanes) is 1. The zero-order valence-corrected chi connectivity index (χ0v) is 20.0. The minimum atomic E-state index is -1.80. The molecule has 0 radical (unpaired) electrons. The van der Waals surface area contributed by atoms with Crippen molar-refractivity contribution in [2.24, 2.45) is 0 Å². The van der Waals surface area contributed by atoms with Crippen molar-refractivity contribution in [1.29, 1.82) is 0 Å². The first kappa shape index (κ1) is 24.5. The second-order valence-electron chi connectivity index (χ2n) is 8.44. The molecule has 0 saturated carbocycles. The standard InChI is InChI=1S/C25H40O2Si/c1-21(2)28(22(3)4,23(5)6)27-20-14-19-26-24(7)15-10-8-11-16-25-17-12-9-13-18-25/h9,12-14,17-19,21-24H,8,11,16,20H2,1-7H3/b19-14+. The Morgan fingerprint density at radius 3 is 2.11 bits per heavy atom. The fourth-order valence-corrected chi connectivity index (χ4v) is 9.57. The molecule has 0 aliphatic heterocycles.